The maximum Gasteiger partial charge on any atom is 0.176 e. The number of hydrogen-bond donors (Lipinski definition) is 1. The molecule has 0 aliphatic heterocycles. The van der Waals surface area contributed by atoms with E-state index in [0.717, 1.165) is 54.4 Å². The number of rotatable bonds is 8. The Morgan fingerprint density at radius 3 is 2.86 bits per heavy atom. The van der Waals surface area contributed by atoms with Gasteiger partial charge in [0.05, 0.1) is 12.6 Å². The van der Waals surface area contributed by atoms with Crippen molar-refractivity contribution in [3.8, 4) is 5.75 Å². The summed E-state index contributed by atoms with van der Waals surface area (Å²) in [7, 11) is 0. The molecule has 0 bridgehead atoms. The fourth-order valence-corrected chi connectivity index (χ4v) is 2.76. The molecule has 3 heteroatoms. The van der Waals surface area contributed by atoms with Gasteiger partial charge in [0.25, 0.3) is 0 Å². The first-order valence-electron chi connectivity index (χ1n) is 8.22. The Hall–Kier alpha value is -1.48. The summed E-state index contributed by atoms with van der Waals surface area (Å²) in [5, 5.41) is 4.78. The molecule has 0 saturated heterocycles. The highest BCUT2D eigenvalue weighted by Crippen LogP contribution is 2.43. The van der Waals surface area contributed by atoms with Crippen molar-refractivity contribution >= 4 is 11.0 Å². The molecule has 0 radical (unpaired) electrons. The molecule has 114 valence electrons. The summed E-state index contributed by atoms with van der Waals surface area (Å²) in [5.41, 5.74) is 0.893. The predicted octanol–water partition coefficient (Wildman–Crippen LogP) is 4.67. The van der Waals surface area contributed by atoms with Crippen molar-refractivity contribution in [2.75, 3.05) is 13.2 Å². The highest BCUT2D eigenvalue weighted by molar-refractivity contribution is 5.83. The largest absolute Gasteiger partial charge is 0.490 e. The molecule has 1 fully saturated rings. The molecule has 1 aliphatic carbocycles. The first-order valence-corrected chi connectivity index (χ1v) is 8.22. The van der Waals surface area contributed by atoms with Gasteiger partial charge in [0.2, 0.25) is 0 Å². The second kappa shape index (κ2) is 6.52. The van der Waals surface area contributed by atoms with Gasteiger partial charge in [-0.2, -0.15) is 0 Å². The fraction of sp³-hybridized carbons (Fsp3) is 0.556. The molecule has 1 saturated carbocycles. The lowest BCUT2D eigenvalue weighted by Crippen LogP contribution is -2.23. The Bertz CT molecular complexity index is 586. The van der Waals surface area contributed by atoms with Gasteiger partial charge in [-0.1, -0.05) is 26.0 Å². The predicted molar refractivity (Wildman–Crippen MR) is 85.8 cm³/mol. The zero-order valence-electron chi connectivity index (χ0n) is 13.0. The van der Waals surface area contributed by atoms with Crippen LogP contribution in [0.5, 0.6) is 5.75 Å². The Kier molecular flexibility index (Phi) is 4.49. The SMILES string of the molecule is CCCNC(c1cc2cccc(OCCC)c2o1)C1CC1. The van der Waals surface area contributed by atoms with E-state index in [0.29, 0.717) is 6.04 Å². The molecule has 1 unspecified atom stereocenters. The van der Waals surface area contributed by atoms with E-state index in [9.17, 15) is 0 Å². The number of hydrogen-bond acceptors (Lipinski definition) is 3. The van der Waals surface area contributed by atoms with Gasteiger partial charge in [-0.3, -0.25) is 0 Å². The van der Waals surface area contributed by atoms with Crippen molar-refractivity contribution in [1.29, 1.82) is 0 Å². The molecule has 3 nitrogen and oxygen atoms in total. The van der Waals surface area contributed by atoms with Crippen LogP contribution in [-0.2, 0) is 0 Å². The van der Waals surface area contributed by atoms with Gasteiger partial charge in [-0.25, -0.2) is 0 Å². The van der Waals surface area contributed by atoms with Crippen LogP contribution in [0.2, 0.25) is 0 Å². The van der Waals surface area contributed by atoms with Crippen molar-refractivity contribution in [2.45, 2.75) is 45.6 Å². The highest BCUT2D eigenvalue weighted by atomic mass is 16.5. The van der Waals surface area contributed by atoms with Crippen LogP contribution in [-0.4, -0.2) is 13.2 Å². The molecule has 0 amide bonds. The van der Waals surface area contributed by atoms with Crippen molar-refractivity contribution in [2.24, 2.45) is 5.92 Å². The molecule has 3 rings (SSSR count). The Morgan fingerprint density at radius 1 is 1.29 bits per heavy atom. The zero-order chi connectivity index (χ0) is 14.7. The van der Waals surface area contributed by atoms with Gasteiger partial charge >= 0.3 is 0 Å². The van der Waals surface area contributed by atoms with E-state index in [1.807, 2.05) is 12.1 Å². The van der Waals surface area contributed by atoms with Gasteiger partial charge in [-0.15, -0.1) is 0 Å². The maximum atomic E-state index is 6.17. The summed E-state index contributed by atoms with van der Waals surface area (Å²) in [6.07, 6.45) is 4.76. The Morgan fingerprint density at radius 2 is 2.14 bits per heavy atom. The molecule has 21 heavy (non-hydrogen) atoms. The van der Waals surface area contributed by atoms with E-state index in [4.69, 9.17) is 9.15 Å². The summed E-state index contributed by atoms with van der Waals surface area (Å²) in [6, 6.07) is 8.68. The summed E-state index contributed by atoms with van der Waals surface area (Å²) < 4.78 is 12.0. The van der Waals surface area contributed by atoms with Crippen molar-refractivity contribution < 1.29 is 9.15 Å². The van der Waals surface area contributed by atoms with E-state index < -0.39 is 0 Å². The van der Waals surface area contributed by atoms with Crippen LogP contribution in [0.3, 0.4) is 0 Å². The average molecular weight is 287 g/mol. The van der Waals surface area contributed by atoms with Gasteiger partial charge in [0.15, 0.2) is 11.3 Å². The van der Waals surface area contributed by atoms with Crippen LogP contribution < -0.4 is 10.1 Å². The van der Waals surface area contributed by atoms with E-state index in [1.54, 1.807) is 0 Å². The van der Waals surface area contributed by atoms with E-state index in [1.165, 1.54) is 12.8 Å². The third kappa shape index (κ3) is 3.24. The summed E-state index contributed by atoms with van der Waals surface area (Å²) in [4.78, 5) is 0. The monoisotopic (exact) mass is 287 g/mol. The van der Waals surface area contributed by atoms with E-state index in [-0.39, 0.29) is 0 Å². The second-order valence-corrected chi connectivity index (χ2v) is 5.94. The molecular formula is C18H25NO2. The number of benzene rings is 1. The minimum Gasteiger partial charge on any atom is -0.490 e. The molecule has 1 heterocycles. The molecule has 1 atom stereocenters. The summed E-state index contributed by atoms with van der Waals surface area (Å²) in [6.45, 7) is 6.09. The minimum absolute atomic E-state index is 0.358. The van der Waals surface area contributed by atoms with Crippen molar-refractivity contribution in [3.05, 3.63) is 30.0 Å². The number of para-hydroxylation sites is 1. The third-order valence-electron chi connectivity index (χ3n) is 4.00. The van der Waals surface area contributed by atoms with Crippen LogP contribution in [0, 0.1) is 5.92 Å². The first-order chi connectivity index (χ1) is 10.3. The highest BCUT2D eigenvalue weighted by Gasteiger charge is 2.34. The first kappa shape index (κ1) is 14.5. The minimum atomic E-state index is 0.358. The van der Waals surface area contributed by atoms with Crippen molar-refractivity contribution in [3.63, 3.8) is 0 Å². The summed E-state index contributed by atoms with van der Waals surface area (Å²) in [5.74, 6) is 2.66. The summed E-state index contributed by atoms with van der Waals surface area (Å²) >= 11 is 0. The number of ether oxygens (including phenoxy) is 1. The molecule has 2 aromatic rings. The number of nitrogens with one attached hydrogen (secondary N) is 1. The smallest absolute Gasteiger partial charge is 0.176 e. The second-order valence-electron chi connectivity index (χ2n) is 5.94. The van der Waals surface area contributed by atoms with Gasteiger partial charge in [0, 0.05) is 5.39 Å². The topological polar surface area (TPSA) is 34.4 Å². The quantitative estimate of drug-likeness (QED) is 0.766. The number of fused-ring (bicyclic) bond motifs is 1. The van der Waals surface area contributed by atoms with E-state index >= 15 is 0 Å². The van der Waals surface area contributed by atoms with Gasteiger partial charge < -0.3 is 14.5 Å². The molecule has 0 spiro atoms. The molecule has 1 N–H and O–H groups in total. The lowest BCUT2D eigenvalue weighted by Gasteiger charge is -2.15. The average Bonchev–Trinajstić information content (AvgIpc) is 3.24. The fourth-order valence-electron chi connectivity index (χ4n) is 2.76. The molecule has 1 aromatic heterocycles. The molecular weight excluding hydrogens is 262 g/mol. The molecule has 1 aromatic carbocycles. The lowest BCUT2D eigenvalue weighted by molar-refractivity contribution is 0.313. The lowest BCUT2D eigenvalue weighted by atomic mass is 10.1. The van der Waals surface area contributed by atoms with E-state index in [2.05, 4.69) is 31.3 Å². The van der Waals surface area contributed by atoms with Crippen LogP contribution in [0.15, 0.2) is 28.7 Å². The van der Waals surface area contributed by atoms with Crippen LogP contribution in [0.4, 0.5) is 0 Å². The maximum absolute atomic E-state index is 6.17. The van der Waals surface area contributed by atoms with Gasteiger partial charge in [0.1, 0.15) is 5.76 Å². The van der Waals surface area contributed by atoms with Crippen LogP contribution in [0.1, 0.15) is 51.3 Å². The molecule has 1 aliphatic rings. The standard InChI is InChI=1S/C18H25NO2/c1-3-10-19-17(13-8-9-13)16-12-14-6-5-7-15(18(14)21-16)20-11-4-2/h5-7,12-13,17,19H,3-4,8-11H2,1-2H3. The van der Waals surface area contributed by atoms with Crippen LogP contribution in [0.25, 0.3) is 11.0 Å². The van der Waals surface area contributed by atoms with Gasteiger partial charge in [-0.05, 0) is 50.3 Å². The Balaban J connectivity index is 1.88. The van der Waals surface area contributed by atoms with Crippen molar-refractivity contribution in [1.82, 2.24) is 5.32 Å². The Labute approximate surface area is 126 Å². The normalized spacial score (nSPS) is 16.3. The number of furan rings is 1. The van der Waals surface area contributed by atoms with Crippen LogP contribution >= 0.6 is 0 Å². The zero-order valence-corrected chi connectivity index (χ0v) is 13.0. The third-order valence-corrected chi connectivity index (χ3v) is 4.00.